The van der Waals surface area contributed by atoms with Gasteiger partial charge in [0.2, 0.25) is 0 Å². The highest BCUT2D eigenvalue weighted by Crippen LogP contribution is 2.42. The summed E-state index contributed by atoms with van der Waals surface area (Å²) in [6.45, 7) is 0. The SMILES string of the molecule is Clc1cc2c3ccccc3oc2c2[nH]c3c4ccccc4ccc3c12. The fourth-order valence-electron chi connectivity index (χ4n) is 3.95. The van der Waals surface area contributed by atoms with E-state index in [-0.39, 0.29) is 0 Å². The third kappa shape index (κ3) is 1.65. The molecule has 0 aliphatic rings. The van der Waals surface area contributed by atoms with E-state index >= 15 is 0 Å². The Balaban J connectivity index is 1.92. The lowest BCUT2D eigenvalue weighted by Gasteiger charge is -1.99. The number of fused-ring (bicyclic) bond motifs is 9. The highest BCUT2D eigenvalue weighted by Gasteiger charge is 2.17. The molecule has 0 unspecified atom stereocenters. The zero-order chi connectivity index (χ0) is 16.5. The van der Waals surface area contributed by atoms with Gasteiger partial charge < -0.3 is 9.40 Å². The lowest BCUT2D eigenvalue weighted by atomic mass is 10.0. The van der Waals surface area contributed by atoms with Crippen molar-refractivity contribution in [1.29, 1.82) is 0 Å². The quantitative estimate of drug-likeness (QED) is 0.316. The van der Waals surface area contributed by atoms with E-state index < -0.39 is 0 Å². The number of H-pyrrole nitrogens is 1. The smallest absolute Gasteiger partial charge is 0.159 e. The van der Waals surface area contributed by atoms with Crippen molar-refractivity contribution in [2.24, 2.45) is 0 Å². The van der Waals surface area contributed by atoms with Crippen LogP contribution in [0, 0.1) is 0 Å². The number of furan rings is 1. The maximum Gasteiger partial charge on any atom is 0.159 e. The standard InChI is InChI=1S/C22H12ClNO/c23-17-11-16-14-7-3-4-8-18(14)25-22(16)21-19(17)15-10-9-12-5-1-2-6-13(12)20(15)24-21/h1-11,24H. The molecule has 4 aromatic carbocycles. The van der Waals surface area contributed by atoms with Crippen LogP contribution in [0.1, 0.15) is 0 Å². The van der Waals surface area contributed by atoms with Gasteiger partial charge in [-0.15, -0.1) is 0 Å². The predicted octanol–water partition coefficient (Wildman–Crippen LogP) is 7.03. The fourth-order valence-corrected chi connectivity index (χ4v) is 4.25. The first-order chi connectivity index (χ1) is 12.3. The molecule has 3 heteroatoms. The maximum atomic E-state index is 6.70. The molecule has 0 amide bonds. The van der Waals surface area contributed by atoms with Gasteiger partial charge >= 0.3 is 0 Å². The molecule has 0 saturated heterocycles. The second kappa shape index (κ2) is 4.56. The number of benzene rings is 4. The molecule has 6 aromatic rings. The van der Waals surface area contributed by atoms with Crippen molar-refractivity contribution in [2.75, 3.05) is 0 Å². The van der Waals surface area contributed by atoms with Gasteiger partial charge in [0.05, 0.1) is 16.1 Å². The largest absolute Gasteiger partial charge is 0.454 e. The lowest BCUT2D eigenvalue weighted by molar-refractivity contribution is 0.672. The van der Waals surface area contributed by atoms with Gasteiger partial charge in [-0.2, -0.15) is 0 Å². The number of halogens is 1. The van der Waals surface area contributed by atoms with E-state index in [9.17, 15) is 0 Å². The normalized spacial score (nSPS) is 12.2. The van der Waals surface area contributed by atoms with E-state index in [4.69, 9.17) is 16.0 Å². The van der Waals surface area contributed by atoms with Crippen molar-refractivity contribution in [3.63, 3.8) is 0 Å². The molecule has 6 rings (SSSR count). The molecule has 118 valence electrons. The van der Waals surface area contributed by atoms with Gasteiger partial charge in [0.1, 0.15) is 5.58 Å². The molecule has 2 nitrogen and oxygen atoms in total. The summed E-state index contributed by atoms with van der Waals surface area (Å²) in [5.74, 6) is 0. The highest BCUT2D eigenvalue weighted by atomic mass is 35.5. The van der Waals surface area contributed by atoms with Gasteiger partial charge in [-0.3, -0.25) is 0 Å². The lowest BCUT2D eigenvalue weighted by Crippen LogP contribution is -1.74. The van der Waals surface area contributed by atoms with Crippen molar-refractivity contribution in [3.05, 3.63) is 71.8 Å². The molecule has 0 saturated carbocycles. The fraction of sp³-hybridized carbons (Fsp3) is 0. The zero-order valence-electron chi connectivity index (χ0n) is 13.1. The van der Waals surface area contributed by atoms with Crippen LogP contribution in [-0.4, -0.2) is 4.98 Å². The van der Waals surface area contributed by atoms with Crippen LogP contribution in [0.3, 0.4) is 0 Å². The molecule has 0 atom stereocenters. The van der Waals surface area contributed by atoms with E-state index in [1.165, 1.54) is 10.8 Å². The average molecular weight is 342 g/mol. The molecular formula is C22H12ClNO. The summed E-state index contributed by atoms with van der Waals surface area (Å²) in [5, 5.41) is 7.43. The highest BCUT2D eigenvalue weighted by molar-refractivity contribution is 6.41. The number of nitrogens with one attached hydrogen (secondary N) is 1. The maximum absolute atomic E-state index is 6.70. The van der Waals surface area contributed by atoms with Crippen molar-refractivity contribution >= 4 is 66.1 Å². The van der Waals surface area contributed by atoms with Gasteiger partial charge in [-0.05, 0) is 17.5 Å². The summed E-state index contributed by atoms with van der Waals surface area (Å²) in [5.41, 5.74) is 3.80. The predicted molar refractivity (Wildman–Crippen MR) is 106 cm³/mol. The zero-order valence-corrected chi connectivity index (χ0v) is 13.9. The summed E-state index contributed by atoms with van der Waals surface area (Å²) in [7, 11) is 0. The van der Waals surface area contributed by atoms with Gasteiger partial charge in [0, 0.05) is 26.9 Å². The van der Waals surface area contributed by atoms with Gasteiger partial charge in [-0.1, -0.05) is 66.2 Å². The first kappa shape index (κ1) is 13.3. The van der Waals surface area contributed by atoms with E-state index in [0.717, 1.165) is 48.8 Å². The van der Waals surface area contributed by atoms with E-state index in [1.54, 1.807) is 0 Å². The van der Waals surface area contributed by atoms with E-state index in [1.807, 2.05) is 24.3 Å². The first-order valence-corrected chi connectivity index (χ1v) is 8.62. The van der Waals surface area contributed by atoms with Crippen LogP contribution >= 0.6 is 11.6 Å². The van der Waals surface area contributed by atoms with E-state index in [0.29, 0.717) is 0 Å². The Kier molecular flexibility index (Phi) is 2.43. The Hall–Kier alpha value is -2.97. The molecule has 2 aromatic heterocycles. The molecule has 25 heavy (non-hydrogen) atoms. The van der Waals surface area contributed by atoms with Crippen molar-refractivity contribution in [1.82, 2.24) is 4.98 Å². The minimum Gasteiger partial charge on any atom is -0.454 e. The molecule has 0 radical (unpaired) electrons. The Bertz CT molecular complexity index is 1460. The molecule has 0 bridgehead atoms. The summed E-state index contributed by atoms with van der Waals surface area (Å²) in [6, 6.07) is 22.8. The van der Waals surface area contributed by atoms with Gasteiger partial charge in [0.25, 0.3) is 0 Å². The monoisotopic (exact) mass is 341 g/mol. The number of aromatic nitrogens is 1. The third-order valence-electron chi connectivity index (χ3n) is 5.07. The summed E-state index contributed by atoms with van der Waals surface area (Å²) in [4.78, 5) is 3.59. The summed E-state index contributed by atoms with van der Waals surface area (Å²) in [6.07, 6.45) is 0. The van der Waals surface area contributed by atoms with Crippen molar-refractivity contribution in [2.45, 2.75) is 0 Å². The van der Waals surface area contributed by atoms with Crippen LogP contribution in [0.4, 0.5) is 0 Å². The van der Waals surface area contributed by atoms with Crippen LogP contribution in [0.5, 0.6) is 0 Å². The van der Waals surface area contributed by atoms with Crippen LogP contribution in [0.2, 0.25) is 5.02 Å². The first-order valence-electron chi connectivity index (χ1n) is 8.24. The molecule has 1 N–H and O–H groups in total. The Labute approximate surface area is 147 Å². The Morgan fingerprint density at radius 3 is 2.44 bits per heavy atom. The average Bonchev–Trinajstić information content (AvgIpc) is 3.21. The number of hydrogen-bond donors (Lipinski definition) is 1. The van der Waals surface area contributed by atoms with Crippen LogP contribution in [0.25, 0.3) is 54.5 Å². The van der Waals surface area contributed by atoms with Gasteiger partial charge in [-0.25, -0.2) is 0 Å². The number of rotatable bonds is 0. The molecule has 2 heterocycles. The second-order valence-corrected chi connectivity index (χ2v) is 6.82. The van der Waals surface area contributed by atoms with Crippen LogP contribution in [0.15, 0.2) is 71.1 Å². The number of para-hydroxylation sites is 1. The second-order valence-electron chi connectivity index (χ2n) is 6.42. The Morgan fingerprint density at radius 2 is 1.52 bits per heavy atom. The molecule has 0 aliphatic heterocycles. The molecule has 0 fully saturated rings. The third-order valence-corrected chi connectivity index (χ3v) is 5.37. The molecular weight excluding hydrogens is 330 g/mol. The summed E-state index contributed by atoms with van der Waals surface area (Å²) < 4.78 is 6.17. The Morgan fingerprint density at radius 1 is 0.720 bits per heavy atom. The van der Waals surface area contributed by atoms with Gasteiger partial charge in [0.15, 0.2) is 5.58 Å². The minimum atomic E-state index is 0.746. The molecule has 0 spiro atoms. The molecule has 0 aliphatic carbocycles. The number of aromatic amines is 1. The van der Waals surface area contributed by atoms with Crippen LogP contribution in [-0.2, 0) is 0 Å². The summed E-state index contributed by atoms with van der Waals surface area (Å²) >= 11 is 6.70. The minimum absolute atomic E-state index is 0.746. The number of hydrogen-bond acceptors (Lipinski definition) is 1. The van der Waals surface area contributed by atoms with E-state index in [2.05, 4.69) is 47.4 Å². The van der Waals surface area contributed by atoms with Crippen molar-refractivity contribution < 1.29 is 4.42 Å². The topological polar surface area (TPSA) is 28.9 Å². The van der Waals surface area contributed by atoms with Crippen molar-refractivity contribution in [3.8, 4) is 0 Å². The van der Waals surface area contributed by atoms with Crippen LogP contribution < -0.4 is 0 Å².